The van der Waals surface area contributed by atoms with Gasteiger partial charge in [0.1, 0.15) is 0 Å². The first-order valence-electron chi connectivity index (χ1n) is 5.50. The summed E-state index contributed by atoms with van der Waals surface area (Å²) in [5.41, 5.74) is 1.00. The van der Waals surface area contributed by atoms with Crippen LogP contribution >= 0.6 is 23.2 Å². The number of hydrogen-bond acceptors (Lipinski definition) is 2. The van der Waals surface area contributed by atoms with Crippen molar-refractivity contribution in [2.24, 2.45) is 0 Å². The lowest BCUT2D eigenvalue weighted by molar-refractivity contribution is 0.119. The number of likely N-dealkylation sites (tertiary alicyclic amines) is 1. The van der Waals surface area contributed by atoms with Crippen LogP contribution in [-0.2, 0) is 0 Å². The van der Waals surface area contributed by atoms with Gasteiger partial charge in [-0.1, -0.05) is 30.1 Å². The third-order valence-electron chi connectivity index (χ3n) is 3.10. The molecule has 4 heteroatoms. The zero-order valence-electron chi connectivity index (χ0n) is 9.16. The lowest BCUT2D eigenvalue weighted by atomic mass is 10.0. The van der Waals surface area contributed by atoms with E-state index in [4.69, 9.17) is 23.2 Å². The molecule has 1 aliphatic rings. The minimum Gasteiger partial charge on any atom is -0.391 e. The fraction of sp³-hybridized carbons (Fsp3) is 0.500. The highest BCUT2D eigenvalue weighted by atomic mass is 35.5. The number of rotatable bonds is 2. The Bertz CT molecular complexity index is 363. The molecular formula is C12H15Cl2NO. The van der Waals surface area contributed by atoms with Gasteiger partial charge in [0.05, 0.1) is 12.1 Å². The van der Waals surface area contributed by atoms with Crippen LogP contribution in [0.4, 0.5) is 0 Å². The van der Waals surface area contributed by atoms with Gasteiger partial charge in [-0.3, -0.25) is 4.90 Å². The van der Waals surface area contributed by atoms with Gasteiger partial charge >= 0.3 is 0 Å². The molecule has 0 aliphatic carbocycles. The van der Waals surface area contributed by atoms with Gasteiger partial charge in [-0.05, 0) is 36.7 Å². The van der Waals surface area contributed by atoms with Gasteiger partial charge in [0, 0.05) is 16.6 Å². The van der Waals surface area contributed by atoms with Crippen LogP contribution in [0, 0.1) is 0 Å². The summed E-state index contributed by atoms with van der Waals surface area (Å²) in [5.74, 6) is 0. The maximum absolute atomic E-state index is 10.00. The van der Waals surface area contributed by atoms with Crippen molar-refractivity contribution < 1.29 is 5.11 Å². The molecule has 2 unspecified atom stereocenters. The fourth-order valence-electron chi connectivity index (χ4n) is 2.37. The molecule has 2 atom stereocenters. The van der Waals surface area contributed by atoms with Crippen molar-refractivity contribution in [2.75, 3.05) is 13.1 Å². The molecule has 1 aliphatic heterocycles. The Labute approximate surface area is 106 Å². The Balaban J connectivity index is 2.34. The maximum atomic E-state index is 10.00. The molecular weight excluding hydrogens is 245 g/mol. The van der Waals surface area contributed by atoms with E-state index in [1.165, 1.54) is 0 Å². The van der Waals surface area contributed by atoms with Crippen LogP contribution in [0.5, 0.6) is 0 Å². The Hall–Kier alpha value is -0.280. The monoisotopic (exact) mass is 259 g/mol. The molecule has 1 heterocycles. The lowest BCUT2D eigenvalue weighted by Crippen LogP contribution is -2.27. The van der Waals surface area contributed by atoms with E-state index in [1.807, 2.05) is 12.1 Å². The number of halogens is 2. The third kappa shape index (κ3) is 2.35. The summed E-state index contributed by atoms with van der Waals surface area (Å²) in [7, 11) is 0. The van der Waals surface area contributed by atoms with Gasteiger partial charge in [-0.2, -0.15) is 0 Å². The number of aliphatic hydroxyl groups is 1. The summed E-state index contributed by atoms with van der Waals surface area (Å²) in [6.07, 6.45) is 0.484. The highest BCUT2D eigenvalue weighted by Crippen LogP contribution is 2.34. The van der Waals surface area contributed by atoms with Crippen molar-refractivity contribution in [1.29, 1.82) is 0 Å². The van der Waals surface area contributed by atoms with E-state index >= 15 is 0 Å². The lowest BCUT2D eigenvalue weighted by Gasteiger charge is -2.25. The average Bonchev–Trinajstić information content (AvgIpc) is 2.58. The number of hydrogen-bond donors (Lipinski definition) is 1. The van der Waals surface area contributed by atoms with Crippen LogP contribution in [-0.4, -0.2) is 29.2 Å². The SMILES string of the molecule is CCN1CCC(O)C1c1cc(Cl)cc(Cl)c1. The largest absolute Gasteiger partial charge is 0.391 e. The minimum atomic E-state index is -0.325. The number of likely N-dealkylation sites (N-methyl/N-ethyl adjacent to an activating group) is 1. The first-order valence-corrected chi connectivity index (χ1v) is 6.25. The second kappa shape index (κ2) is 4.92. The van der Waals surface area contributed by atoms with E-state index in [2.05, 4.69) is 11.8 Å². The van der Waals surface area contributed by atoms with Crippen LogP contribution in [0.15, 0.2) is 18.2 Å². The number of aliphatic hydroxyl groups excluding tert-OH is 1. The highest BCUT2D eigenvalue weighted by Gasteiger charge is 2.33. The molecule has 2 rings (SSSR count). The van der Waals surface area contributed by atoms with Crippen LogP contribution in [0.25, 0.3) is 0 Å². The molecule has 0 radical (unpaired) electrons. The second-order valence-electron chi connectivity index (χ2n) is 4.13. The molecule has 16 heavy (non-hydrogen) atoms. The molecule has 1 fully saturated rings. The van der Waals surface area contributed by atoms with Gasteiger partial charge in [0.15, 0.2) is 0 Å². The molecule has 1 saturated heterocycles. The third-order valence-corrected chi connectivity index (χ3v) is 3.54. The van der Waals surface area contributed by atoms with Crippen molar-refractivity contribution in [2.45, 2.75) is 25.5 Å². The van der Waals surface area contributed by atoms with Crippen molar-refractivity contribution >= 4 is 23.2 Å². The topological polar surface area (TPSA) is 23.5 Å². The second-order valence-corrected chi connectivity index (χ2v) is 5.01. The van der Waals surface area contributed by atoms with Crippen LogP contribution in [0.3, 0.4) is 0 Å². The van der Waals surface area contributed by atoms with Gasteiger partial charge in [-0.25, -0.2) is 0 Å². The number of benzene rings is 1. The van der Waals surface area contributed by atoms with Crippen LogP contribution in [0.2, 0.25) is 10.0 Å². The number of nitrogens with zero attached hydrogens (tertiary/aromatic N) is 1. The van der Waals surface area contributed by atoms with E-state index < -0.39 is 0 Å². The van der Waals surface area contributed by atoms with E-state index in [9.17, 15) is 5.11 Å². The standard InChI is InChI=1S/C12H15Cl2NO/c1-2-15-4-3-11(16)12(15)8-5-9(13)7-10(14)6-8/h5-7,11-12,16H,2-4H2,1H3. The smallest absolute Gasteiger partial charge is 0.0749 e. The molecule has 88 valence electrons. The zero-order chi connectivity index (χ0) is 11.7. The molecule has 1 aromatic carbocycles. The predicted molar refractivity (Wildman–Crippen MR) is 67.1 cm³/mol. The molecule has 0 amide bonds. The molecule has 0 saturated carbocycles. The summed E-state index contributed by atoms with van der Waals surface area (Å²) < 4.78 is 0. The highest BCUT2D eigenvalue weighted by molar-refractivity contribution is 6.34. The summed E-state index contributed by atoms with van der Waals surface area (Å²) in [4.78, 5) is 2.24. The quantitative estimate of drug-likeness (QED) is 0.883. The van der Waals surface area contributed by atoms with Gasteiger partial charge < -0.3 is 5.11 Å². The van der Waals surface area contributed by atoms with E-state index in [1.54, 1.807) is 6.07 Å². The Kier molecular flexibility index (Phi) is 3.75. The van der Waals surface area contributed by atoms with Crippen molar-refractivity contribution in [1.82, 2.24) is 4.90 Å². The van der Waals surface area contributed by atoms with Crippen LogP contribution < -0.4 is 0 Å². The Morgan fingerprint density at radius 1 is 1.31 bits per heavy atom. The molecule has 0 aromatic heterocycles. The van der Waals surface area contributed by atoms with Crippen molar-refractivity contribution in [3.05, 3.63) is 33.8 Å². The first-order chi connectivity index (χ1) is 7.61. The molecule has 1 N–H and O–H groups in total. The molecule has 0 bridgehead atoms. The molecule has 0 spiro atoms. The van der Waals surface area contributed by atoms with Gasteiger partial charge in [0.2, 0.25) is 0 Å². The van der Waals surface area contributed by atoms with E-state index in [0.29, 0.717) is 10.0 Å². The summed E-state index contributed by atoms with van der Waals surface area (Å²) >= 11 is 12.0. The van der Waals surface area contributed by atoms with Crippen molar-refractivity contribution in [3.63, 3.8) is 0 Å². The van der Waals surface area contributed by atoms with Gasteiger partial charge in [-0.15, -0.1) is 0 Å². The summed E-state index contributed by atoms with van der Waals surface area (Å²) in [6, 6.07) is 5.51. The molecule has 2 nitrogen and oxygen atoms in total. The average molecular weight is 260 g/mol. The Morgan fingerprint density at radius 3 is 2.50 bits per heavy atom. The molecule has 1 aromatic rings. The van der Waals surface area contributed by atoms with E-state index in [-0.39, 0.29) is 12.1 Å². The minimum absolute atomic E-state index is 0.0289. The summed E-state index contributed by atoms with van der Waals surface area (Å²) in [6.45, 7) is 3.94. The van der Waals surface area contributed by atoms with Gasteiger partial charge in [0.25, 0.3) is 0 Å². The predicted octanol–water partition coefficient (Wildman–Crippen LogP) is 3.12. The van der Waals surface area contributed by atoms with Crippen molar-refractivity contribution in [3.8, 4) is 0 Å². The first kappa shape index (κ1) is 12.2. The van der Waals surface area contributed by atoms with Crippen LogP contribution in [0.1, 0.15) is 24.9 Å². The maximum Gasteiger partial charge on any atom is 0.0749 e. The normalized spacial score (nSPS) is 26.2. The fourth-order valence-corrected chi connectivity index (χ4v) is 2.92. The van der Waals surface area contributed by atoms with E-state index in [0.717, 1.165) is 25.1 Å². The Morgan fingerprint density at radius 2 is 1.94 bits per heavy atom. The summed E-state index contributed by atoms with van der Waals surface area (Å²) in [5, 5.41) is 11.2. The zero-order valence-corrected chi connectivity index (χ0v) is 10.7.